The quantitative estimate of drug-likeness (QED) is 0.0523. The second-order valence-corrected chi connectivity index (χ2v) is 11.2. The van der Waals surface area contributed by atoms with Crippen molar-refractivity contribution in [3.8, 4) is 0 Å². The molecule has 0 aromatic rings. The first-order chi connectivity index (χ1) is 20.1. The minimum atomic E-state index is -0.798. The van der Waals surface area contributed by atoms with E-state index in [0.29, 0.717) is 12.8 Å². The number of hydrogen-bond acceptors (Lipinski definition) is 5. The molecule has 0 radical (unpaired) electrons. The van der Waals surface area contributed by atoms with Crippen molar-refractivity contribution in [3.05, 3.63) is 36.5 Å². The van der Waals surface area contributed by atoms with Crippen LogP contribution < -0.4 is 0 Å². The predicted molar refractivity (Wildman–Crippen MR) is 173 cm³/mol. The lowest BCUT2D eigenvalue weighted by molar-refractivity contribution is -0.161. The van der Waals surface area contributed by atoms with Crippen molar-refractivity contribution in [2.75, 3.05) is 13.2 Å². The van der Waals surface area contributed by atoms with Crippen molar-refractivity contribution in [1.82, 2.24) is 0 Å². The van der Waals surface area contributed by atoms with Crippen LogP contribution >= 0.6 is 0 Å². The molecular formula is C36H64O5. The van der Waals surface area contributed by atoms with E-state index in [1.807, 2.05) is 6.08 Å². The Hall–Kier alpha value is -1.88. The van der Waals surface area contributed by atoms with Crippen molar-refractivity contribution in [2.24, 2.45) is 0 Å². The minimum absolute atomic E-state index is 0.102. The van der Waals surface area contributed by atoms with E-state index in [1.165, 1.54) is 89.9 Å². The molecule has 0 aromatic heterocycles. The van der Waals surface area contributed by atoms with Crippen molar-refractivity contribution < 1.29 is 24.2 Å². The topological polar surface area (TPSA) is 72.8 Å². The Balaban J connectivity index is 3.69. The van der Waals surface area contributed by atoms with Gasteiger partial charge in [-0.05, 0) is 57.8 Å². The van der Waals surface area contributed by atoms with Gasteiger partial charge in [0.1, 0.15) is 6.61 Å². The van der Waals surface area contributed by atoms with Crippen LogP contribution in [0.5, 0.6) is 0 Å². The maximum absolute atomic E-state index is 12.1. The second-order valence-electron chi connectivity index (χ2n) is 11.2. The van der Waals surface area contributed by atoms with Gasteiger partial charge in [-0.1, -0.05) is 127 Å². The summed E-state index contributed by atoms with van der Waals surface area (Å²) in [6.45, 7) is 4.04. The summed E-state index contributed by atoms with van der Waals surface area (Å²) >= 11 is 0. The number of aliphatic hydroxyl groups is 1. The average molecular weight is 577 g/mol. The summed E-state index contributed by atoms with van der Waals surface area (Å²) < 4.78 is 10.5. The van der Waals surface area contributed by atoms with Gasteiger partial charge >= 0.3 is 11.9 Å². The molecule has 0 rings (SSSR count). The molecule has 1 unspecified atom stereocenters. The number of allylic oxidation sites excluding steroid dienone is 6. The largest absolute Gasteiger partial charge is 0.462 e. The summed E-state index contributed by atoms with van der Waals surface area (Å²) in [4.78, 5) is 24.1. The van der Waals surface area contributed by atoms with E-state index in [2.05, 4.69) is 44.2 Å². The third-order valence-corrected chi connectivity index (χ3v) is 7.17. The van der Waals surface area contributed by atoms with E-state index < -0.39 is 6.10 Å². The first kappa shape index (κ1) is 39.1. The van der Waals surface area contributed by atoms with Gasteiger partial charge in [0.2, 0.25) is 0 Å². The lowest BCUT2D eigenvalue weighted by Crippen LogP contribution is -2.28. The zero-order chi connectivity index (χ0) is 30.1. The SMILES string of the molecule is CCCCCCCC/C=C/C/C=C/CCC(=O)OCC(CO)OC(=O)CCCCC/C=C/CCCCCCCCC. The molecule has 0 spiro atoms. The molecule has 0 bridgehead atoms. The number of carbonyl (C=O) groups is 2. The summed E-state index contributed by atoms with van der Waals surface area (Å²) in [5.41, 5.74) is 0. The summed E-state index contributed by atoms with van der Waals surface area (Å²) in [5.74, 6) is -0.690. The maximum Gasteiger partial charge on any atom is 0.306 e. The average Bonchev–Trinajstić information content (AvgIpc) is 2.97. The maximum atomic E-state index is 12.1. The lowest BCUT2D eigenvalue weighted by Gasteiger charge is -2.15. The first-order valence-corrected chi connectivity index (χ1v) is 17.0. The van der Waals surface area contributed by atoms with Crippen molar-refractivity contribution in [2.45, 2.75) is 168 Å². The number of esters is 2. The molecule has 0 saturated carbocycles. The van der Waals surface area contributed by atoms with Crippen LogP contribution in [0.4, 0.5) is 0 Å². The summed E-state index contributed by atoms with van der Waals surface area (Å²) in [6.07, 6.45) is 37.8. The molecular weight excluding hydrogens is 512 g/mol. The standard InChI is InChI=1S/C36H64O5/c1-3-5-7-9-11-13-15-17-19-21-23-25-27-29-31-36(39)41-34(32-37)33-40-35(38)30-28-26-24-22-20-18-16-14-12-10-8-6-4-2/h18-21,24,26,34,37H,3-17,22-23,25,27-33H2,1-2H3/b20-18+,21-19+,26-24+. The zero-order valence-electron chi connectivity index (χ0n) is 26.8. The molecule has 0 fully saturated rings. The number of aliphatic hydroxyl groups excluding tert-OH is 1. The van der Waals surface area contributed by atoms with E-state index in [9.17, 15) is 14.7 Å². The Morgan fingerprint density at radius 2 is 1.02 bits per heavy atom. The van der Waals surface area contributed by atoms with Gasteiger partial charge in [-0.2, -0.15) is 0 Å². The fourth-order valence-electron chi connectivity index (χ4n) is 4.54. The third-order valence-electron chi connectivity index (χ3n) is 7.17. The van der Waals surface area contributed by atoms with Crippen LogP contribution in [0.15, 0.2) is 36.5 Å². The molecule has 0 aliphatic heterocycles. The summed E-state index contributed by atoms with van der Waals surface area (Å²) in [6, 6.07) is 0. The molecule has 0 amide bonds. The molecule has 0 aliphatic rings. The number of ether oxygens (including phenoxy) is 2. The zero-order valence-corrected chi connectivity index (χ0v) is 26.8. The Bertz CT molecular complexity index is 667. The number of carbonyl (C=O) groups excluding carboxylic acids is 2. The van der Waals surface area contributed by atoms with Gasteiger partial charge in [0.15, 0.2) is 6.10 Å². The summed E-state index contributed by atoms with van der Waals surface area (Å²) in [7, 11) is 0. The van der Waals surface area contributed by atoms with Crippen molar-refractivity contribution in [3.63, 3.8) is 0 Å². The highest BCUT2D eigenvalue weighted by Gasteiger charge is 2.15. The van der Waals surface area contributed by atoms with Gasteiger partial charge in [0.05, 0.1) is 6.61 Å². The van der Waals surface area contributed by atoms with E-state index in [-0.39, 0.29) is 31.6 Å². The highest BCUT2D eigenvalue weighted by atomic mass is 16.6. The predicted octanol–water partition coefficient (Wildman–Crippen LogP) is 10.1. The van der Waals surface area contributed by atoms with Crippen molar-refractivity contribution in [1.29, 1.82) is 0 Å². The Morgan fingerprint density at radius 1 is 0.561 bits per heavy atom. The number of unbranched alkanes of at least 4 members (excludes halogenated alkanes) is 16. The molecule has 1 N–H and O–H groups in total. The van der Waals surface area contributed by atoms with Gasteiger partial charge in [-0.15, -0.1) is 0 Å². The van der Waals surface area contributed by atoms with Crippen LogP contribution in [0.3, 0.4) is 0 Å². The van der Waals surface area contributed by atoms with E-state index >= 15 is 0 Å². The molecule has 5 heteroatoms. The molecule has 5 nitrogen and oxygen atoms in total. The lowest BCUT2D eigenvalue weighted by atomic mass is 10.1. The minimum Gasteiger partial charge on any atom is -0.462 e. The van der Waals surface area contributed by atoms with Crippen LogP contribution in [0.25, 0.3) is 0 Å². The first-order valence-electron chi connectivity index (χ1n) is 17.0. The normalized spacial score (nSPS) is 12.6. The Labute approximate surface area is 253 Å². The molecule has 0 heterocycles. The van der Waals surface area contributed by atoms with Crippen LogP contribution in [-0.4, -0.2) is 36.4 Å². The third kappa shape index (κ3) is 30.9. The molecule has 0 aliphatic carbocycles. The fourth-order valence-corrected chi connectivity index (χ4v) is 4.54. The molecule has 0 aromatic carbocycles. The van der Waals surface area contributed by atoms with Gasteiger partial charge in [0, 0.05) is 12.8 Å². The van der Waals surface area contributed by atoms with Crippen LogP contribution in [0.2, 0.25) is 0 Å². The van der Waals surface area contributed by atoms with Crippen LogP contribution in [-0.2, 0) is 19.1 Å². The molecule has 0 saturated heterocycles. The van der Waals surface area contributed by atoms with Gasteiger partial charge < -0.3 is 14.6 Å². The van der Waals surface area contributed by atoms with E-state index in [4.69, 9.17) is 9.47 Å². The second kappa shape index (κ2) is 32.6. The van der Waals surface area contributed by atoms with Gasteiger partial charge in [0.25, 0.3) is 0 Å². The van der Waals surface area contributed by atoms with Gasteiger partial charge in [-0.25, -0.2) is 0 Å². The van der Waals surface area contributed by atoms with Crippen LogP contribution in [0, 0.1) is 0 Å². The molecule has 41 heavy (non-hydrogen) atoms. The molecule has 1 atom stereocenters. The smallest absolute Gasteiger partial charge is 0.306 e. The van der Waals surface area contributed by atoms with Crippen LogP contribution in [0.1, 0.15) is 162 Å². The Morgan fingerprint density at radius 3 is 1.56 bits per heavy atom. The van der Waals surface area contributed by atoms with Crippen molar-refractivity contribution >= 4 is 11.9 Å². The highest BCUT2D eigenvalue weighted by Crippen LogP contribution is 2.11. The number of hydrogen-bond donors (Lipinski definition) is 1. The molecule has 238 valence electrons. The fraction of sp³-hybridized carbons (Fsp3) is 0.778. The van der Waals surface area contributed by atoms with E-state index in [0.717, 1.165) is 38.5 Å². The number of rotatable bonds is 30. The highest BCUT2D eigenvalue weighted by molar-refractivity contribution is 5.70. The Kier molecular flexibility index (Phi) is 31.1. The monoisotopic (exact) mass is 576 g/mol. The van der Waals surface area contributed by atoms with Gasteiger partial charge in [-0.3, -0.25) is 9.59 Å². The summed E-state index contributed by atoms with van der Waals surface area (Å²) in [5, 5.41) is 9.49. The van der Waals surface area contributed by atoms with E-state index in [1.54, 1.807) is 0 Å².